The average Bonchev–Trinajstić information content (AvgIpc) is 3.11. The standard InChI is InChI=1S/C22H23N5O5S/c1-26-12-19(28)24-10-14-5-3-8-18-21(14)17(22(30)25-18)11-23-15-6-4-7-16(9-15)33(31,32)27(2)13-20(26)29/h3-9,11,23H,10,12-13H2,1-2H3,(H,24,28)(H,25,30)/b17-11-. The van der Waals surface area contributed by atoms with E-state index < -0.39 is 28.4 Å². The lowest BCUT2D eigenvalue weighted by atomic mass is 10.0. The zero-order valence-corrected chi connectivity index (χ0v) is 18.9. The number of nitrogens with one attached hydrogen (secondary N) is 3. The quantitative estimate of drug-likeness (QED) is 0.524. The first-order valence-electron chi connectivity index (χ1n) is 10.1. The topological polar surface area (TPSA) is 128 Å². The normalized spacial score (nSPS) is 20.6. The van der Waals surface area contributed by atoms with Crippen molar-refractivity contribution in [3.8, 4) is 0 Å². The summed E-state index contributed by atoms with van der Waals surface area (Å²) >= 11 is 0. The highest BCUT2D eigenvalue weighted by atomic mass is 32.2. The lowest BCUT2D eigenvalue weighted by Gasteiger charge is -2.22. The summed E-state index contributed by atoms with van der Waals surface area (Å²) in [6.45, 7) is -0.501. The van der Waals surface area contributed by atoms with Gasteiger partial charge in [0.25, 0.3) is 5.91 Å². The van der Waals surface area contributed by atoms with E-state index in [2.05, 4.69) is 16.0 Å². The molecule has 3 amide bonds. The second-order valence-electron chi connectivity index (χ2n) is 7.81. The number of fused-ring (bicyclic) bond motifs is 2. The molecule has 0 atom stereocenters. The van der Waals surface area contributed by atoms with E-state index in [-0.39, 0.29) is 23.9 Å². The summed E-state index contributed by atoms with van der Waals surface area (Å²) in [5.41, 5.74) is 2.80. The van der Waals surface area contributed by atoms with Crippen LogP contribution in [0.3, 0.4) is 0 Å². The smallest absolute Gasteiger partial charge is 0.257 e. The molecule has 0 fully saturated rings. The van der Waals surface area contributed by atoms with Crippen LogP contribution in [0.15, 0.2) is 53.6 Å². The van der Waals surface area contributed by atoms with Gasteiger partial charge in [-0.3, -0.25) is 14.4 Å². The molecule has 0 unspecified atom stereocenters. The van der Waals surface area contributed by atoms with Gasteiger partial charge in [0.2, 0.25) is 21.8 Å². The van der Waals surface area contributed by atoms with E-state index in [4.69, 9.17) is 0 Å². The van der Waals surface area contributed by atoms with E-state index in [1.807, 2.05) is 0 Å². The Balaban J connectivity index is 1.78. The minimum absolute atomic E-state index is 0.0112. The summed E-state index contributed by atoms with van der Waals surface area (Å²) in [6.07, 6.45) is 1.51. The molecule has 172 valence electrons. The molecule has 10 nitrogen and oxygen atoms in total. The van der Waals surface area contributed by atoms with Gasteiger partial charge in [-0.2, -0.15) is 4.31 Å². The third kappa shape index (κ3) is 4.45. The van der Waals surface area contributed by atoms with Gasteiger partial charge in [0.15, 0.2) is 0 Å². The number of hydrogen-bond acceptors (Lipinski definition) is 6. The molecule has 2 aliphatic heterocycles. The molecule has 2 aromatic rings. The Labute approximate surface area is 191 Å². The maximum absolute atomic E-state index is 13.0. The lowest BCUT2D eigenvalue weighted by Crippen LogP contribution is -2.43. The molecule has 0 saturated carbocycles. The summed E-state index contributed by atoms with van der Waals surface area (Å²) < 4.78 is 26.9. The largest absolute Gasteiger partial charge is 0.361 e. The van der Waals surface area contributed by atoms with Crippen LogP contribution in [0.25, 0.3) is 5.57 Å². The number of hydrogen-bond donors (Lipinski definition) is 3. The minimum Gasteiger partial charge on any atom is -0.361 e. The maximum Gasteiger partial charge on any atom is 0.257 e. The van der Waals surface area contributed by atoms with Crippen molar-refractivity contribution in [2.45, 2.75) is 11.4 Å². The van der Waals surface area contributed by atoms with Crippen LogP contribution in [0, 0.1) is 0 Å². The fourth-order valence-electron chi connectivity index (χ4n) is 3.64. The monoisotopic (exact) mass is 469 g/mol. The SMILES string of the molecule is CN1CC(=O)NCc2cccc3c2/C(=C/Nc2cccc(c2)S(=O)(=O)N(C)CC1=O)C(=O)N3. The average molecular weight is 470 g/mol. The molecule has 0 aliphatic carbocycles. The Hall–Kier alpha value is -3.70. The number of sulfonamides is 1. The Morgan fingerprint density at radius 3 is 2.52 bits per heavy atom. The predicted octanol–water partition coefficient (Wildman–Crippen LogP) is 0.800. The molecule has 0 saturated heterocycles. The first-order chi connectivity index (χ1) is 15.7. The Morgan fingerprint density at radius 2 is 1.73 bits per heavy atom. The van der Waals surface area contributed by atoms with Gasteiger partial charge in [-0.05, 0) is 29.8 Å². The molecule has 2 heterocycles. The molecular weight excluding hydrogens is 446 g/mol. The minimum atomic E-state index is -3.97. The summed E-state index contributed by atoms with van der Waals surface area (Å²) in [5.74, 6) is -1.25. The Bertz CT molecular complexity index is 1290. The van der Waals surface area contributed by atoms with Crippen molar-refractivity contribution in [2.75, 3.05) is 37.8 Å². The first kappa shape index (κ1) is 22.5. The molecule has 0 radical (unpaired) electrons. The summed E-state index contributed by atoms with van der Waals surface area (Å²) in [4.78, 5) is 38.7. The molecule has 33 heavy (non-hydrogen) atoms. The Kier molecular flexibility index (Phi) is 5.91. The molecule has 11 heteroatoms. The van der Waals surface area contributed by atoms with Gasteiger partial charge in [0.1, 0.15) is 0 Å². The second kappa shape index (κ2) is 8.68. The van der Waals surface area contributed by atoms with Crippen molar-refractivity contribution in [1.82, 2.24) is 14.5 Å². The van der Waals surface area contributed by atoms with Gasteiger partial charge in [0.05, 0.1) is 23.6 Å². The highest BCUT2D eigenvalue weighted by molar-refractivity contribution is 7.89. The van der Waals surface area contributed by atoms with E-state index in [1.165, 1.54) is 37.3 Å². The second-order valence-corrected chi connectivity index (χ2v) is 9.86. The molecule has 0 spiro atoms. The van der Waals surface area contributed by atoms with Crippen molar-refractivity contribution in [3.05, 3.63) is 59.8 Å². The summed E-state index contributed by atoms with van der Waals surface area (Å²) in [7, 11) is -1.23. The number of carbonyl (C=O) groups excluding carboxylic acids is 3. The lowest BCUT2D eigenvalue weighted by molar-refractivity contribution is -0.134. The van der Waals surface area contributed by atoms with Gasteiger partial charge in [-0.1, -0.05) is 18.2 Å². The number of anilines is 2. The molecule has 0 aromatic heterocycles. The van der Waals surface area contributed by atoms with Crippen molar-refractivity contribution < 1.29 is 22.8 Å². The van der Waals surface area contributed by atoms with Crippen molar-refractivity contribution >= 4 is 44.7 Å². The van der Waals surface area contributed by atoms with E-state index in [0.29, 0.717) is 22.5 Å². The summed E-state index contributed by atoms with van der Waals surface area (Å²) in [5, 5.41) is 8.54. The van der Waals surface area contributed by atoms with Crippen LogP contribution < -0.4 is 16.0 Å². The van der Waals surface area contributed by atoms with Gasteiger partial charge >= 0.3 is 0 Å². The number of carbonyl (C=O) groups is 3. The van der Waals surface area contributed by atoms with E-state index in [9.17, 15) is 22.8 Å². The van der Waals surface area contributed by atoms with Gasteiger partial charge < -0.3 is 20.9 Å². The van der Waals surface area contributed by atoms with Crippen molar-refractivity contribution in [3.63, 3.8) is 0 Å². The van der Waals surface area contributed by atoms with Crippen LogP contribution in [0.2, 0.25) is 0 Å². The number of likely N-dealkylation sites (N-methyl/N-ethyl adjacent to an activating group) is 2. The van der Waals surface area contributed by atoms with Crippen LogP contribution in [0.5, 0.6) is 0 Å². The third-order valence-electron chi connectivity index (χ3n) is 5.48. The number of nitrogens with zero attached hydrogens (tertiary/aromatic N) is 2. The zero-order chi connectivity index (χ0) is 23.8. The molecular formula is C22H23N5O5S. The van der Waals surface area contributed by atoms with Crippen LogP contribution in [-0.4, -0.2) is 62.5 Å². The number of benzene rings is 2. The van der Waals surface area contributed by atoms with E-state index in [1.54, 1.807) is 30.3 Å². The highest BCUT2D eigenvalue weighted by Gasteiger charge is 2.28. The predicted molar refractivity (Wildman–Crippen MR) is 122 cm³/mol. The molecule has 2 aliphatic rings. The van der Waals surface area contributed by atoms with Gasteiger partial charge in [-0.25, -0.2) is 8.42 Å². The van der Waals surface area contributed by atoms with Crippen LogP contribution in [0.4, 0.5) is 11.4 Å². The number of rotatable bonds is 0. The van der Waals surface area contributed by atoms with Crippen molar-refractivity contribution in [2.24, 2.45) is 0 Å². The molecule has 4 rings (SSSR count). The van der Waals surface area contributed by atoms with Crippen molar-refractivity contribution in [1.29, 1.82) is 0 Å². The molecule has 3 N–H and O–H groups in total. The van der Waals surface area contributed by atoms with Gasteiger partial charge in [-0.15, -0.1) is 0 Å². The summed E-state index contributed by atoms with van der Waals surface area (Å²) in [6, 6.07) is 11.4. The maximum atomic E-state index is 13.0. The van der Waals surface area contributed by atoms with Crippen LogP contribution in [0.1, 0.15) is 11.1 Å². The molecule has 2 aromatic carbocycles. The Morgan fingerprint density at radius 1 is 0.970 bits per heavy atom. The van der Waals surface area contributed by atoms with Crippen LogP contribution >= 0.6 is 0 Å². The zero-order valence-electron chi connectivity index (χ0n) is 18.1. The first-order valence-corrected chi connectivity index (χ1v) is 11.6. The van der Waals surface area contributed by atoms with E-state index in [0.717, 1.165) is 9.87 Å². The molecule has 2 bridgehead atoms. The van der Waals surface area contributed by atoms with E-state index >= 15 is 0 Å². The third-order valence-corrected chi connectivity index (χ3v) is 7.28. The number of amides is 3. The fraction of sp³-hybridized carbons (Fsp3) is 0.227. The highest BCUT2D eigenvalue weighted by Crippen LogP contribution is 2.34. The van der Waals surface area contributed by atoms with Crippen LogP contribution in [-0.2, 0) is 31.0 Å². The van der Waals surface area contributed by atoms with Gasteiger partial charge in [0, 0.05) is 43.8 Å². The fourth-order valence-corrected chi connectivity index (χ4v) is 4.81.